The Kier molecular flexibility index (Phi) is 4.57. The van der Waals surface area contributed by atoms with Gasteiger partial charge in [-0.1, -0.05) is 12.1 Å². The van der Waals surface area contributed by atoms with Crippen LogP contribution < -0.4 is 14.4 Å². The van der Waals surface area contributed by atoms with Crippen molar-refractivity contribution in [3.05, 3.63) is 53.1 Å². The quantitative estimate of drug-likeness (QED) is 0.664. The number of amides is 2. The standard InChI is InChI=1S/C20H16N2O5/c1-11(23)22-15-9-17(27-3)16(26-2)8-14(15)18(20(22)25)19(24)13-6-4-5-12(7-13)10-21/h4-9,24H,1-3H3. The molecule has 7 heteroatoms. The van der Waals surface area contributed by atoms with E-state index in [1.54, 1.807) is 18.2 Å². The Bertz CT molecular complexity index is 1030. The number of carbonyl (C=O) groups excluding carboxylic acids is 2. The first kappa shape index (κ1) is 18.0. The molecule has 3 rings (SSSR count). The number of anilines is 1. The van der Waals surface area contributed by atoms with Crippen LogP contribution in [0, 0.1) is 11.3 Å². The van der Waals surface area contributed by atoms with E-state index in [1.807, 2.05) is 6.07 Å². The van der Waals surface area contributed by atoms with Crippen molar-refractivity contribution in [2.75, 3.05) is 19.1 Å². The molecule has 2 amide bonds. The molecule has 2 aromatic carbocycles. The maximum Gasteiger partial charge on any atom is 0.269 e. The molecule has 1 N–H and O–H groups in total. The zero-order valence-electron chi connectivity index (χ0n) is 14.9. The van der Waals surface area contributed by atoms with Crippen LogP contribution in [0.1, 0.15) is 23.6 Å². The van der Waals surface area contributed by atoms with Crippen LogP contribution in [0.3, 0.4) is 0 Å². The lowest BCUT2D eigenvalue weighted by Gasteiger charge is -2.14. The number of imide groups is 1. The fraction of sp³-hybridized carbons (Fsp3) is 0.150. The highest BCUT2D eigenvalue weighted by Gasteiger charge is 2.39. The molecule has 0 aliphatic carbocycles. The van der Waals surface area contributed by atoms with Gasteiger partial charge in [0, 0.05) is 24.1 Å². The molecular weight excluding hydrogens is 348 g/mol. The molecule has 1 heterocycles. The Morgan fingerprint density at radius 1 is 1.15 bits per heavy atom. The maximum absolute atomic E-state index is 12.9. The Balaban J connectivity index is 2.31. The molecular formula is C20H16N2O5. The van der Waals surface area contributed by atoms with Gasteiger partial charge < -0.3 is 14.6 Å². The lowest BCUT2D eigenvalue weighted by Crippen LogP contribution is -2.31. The Morgan fingerprint density at radius 3 is 2.41 bits per heavy atom. The van der Waals surface area contributed by atoms with E-state index >= 15 is 0 Å². The second-order valence-electron chi connectivity index (χ2n) is 5.80. The summed E-state index contributed by atoms with van der Waals surface area (Å²) < 4.78 is 10.5. The molecule has 1 aliphatic rings. The first-order chi connectivity index (χ1) is 12.9. The molecule has 0 saturated carbocycles. The summed E-state index contributed by atoms with van der Waals surface area (Å²) >= 11 is 0. The van der Waals surface area contributed by atoms with Gasteiger partial charge in [-0.2, -0.15) is 5.26 Å². The van der Waals surface area contributed by atoms with Crippen LogP contribution in [0.5, 0.6) is 11.5 Å². The predicted octanol–water partition coefficient (Wildman–Crippen LogP) is 2.89. The summed E-state index contributed by atoms with van der Waals surface area (Å²) in [6, 6.07) is 11.3. The fourth-order valence-electron chi connectivity index (χ4n) is 3.01. The smallest absolute Gasteiger partial charge is 0.269 e. The van der Waals surface area contributed by atoms with Crippen LogP contribution in [-0.2, 0) is 9.59 Å². The second kappa shape index (κ2) is 6.84. The molecule has 2 aromatic rings. The van der Waals surface area contributed by atoms with Crippen molar-refractivity contribution in [3.63, 3.8) is 0 Å². The highest BCUT2D eigenvalue weighted by Crippen LogP contribution is 2.45. The van der Waals surface area contributed by atoms with Crippen LogP contribution in [0.25, 0.3) is 11.3 Å². The van der Waals surface area contributed by atoms with Gasteiger partial charge in [0.2, 0.25) is 5.91 Å². The van der Waals surface area contributed by atoms with Gasteiger partial charge in [-0.3, -0.25) is 9.59 Å². The Labute approximate surface area is 155 Å². The molecule has 0 saturated heterocycles. The minimum atomic E-state index is -0.660. The van der Waals surface area contributed by atoms with E-state index < -0.39 is 11.8 Å². The zero-order chi connectivity index (χ0) is 19.7. The predicted molar refractivity (Wildman–Crippen MR) is 98.3 cm³/mol. The van der Waals surface area contributed by atoms with Gasteiger partial charge in [0.05, 0.1) is 37.1 Å². The number of fused-ring (bicyclic) bond motifs is 1. The van der Waals surface area contributed by atoms with E-state index in [-0.39, 0.29) is 11.3 Å². The van der Waals surface area contributed by atoms with Gasteiger partial charge in [0.25, 0.3) is 5.91 Å². The normalized spacial score (nSPS) is 14.4. The summed E-state index contributed by atoms with van der Waals surface area (Å²) in [6.45, 7) is 1.26. The highest BCUT2D eigenvalue weighted by molar-refractivity contribution is 6.42. The molecule has 0 radical (unpaired) electrons. The molecule has 0 spiro atoms. The van der Waals surface area contributed by atoms with Gasteiger partial charge in [0.1, 0.15) is 5.76 Å². The fourth-order valence-corrected chi connectivity index (χ4v) is 3.01. The monoisotopic (exact) mass is 364 g/mol. The van der Waals surface area contributed by atoms with Crippen molar-refractivity contribution >= 4 is 28.8 Å². The SMILES string of the molecule is COc1cc2c(cc1OC)N(C(C)=O)C(=O)C2=C(O)c1cccc(C#N)c1. The van der Waals surface area contributed by atoms with E-state index in [0.717, 1.165) is 4.90 Å². The van der Waals surface area contributed by atoms with Crippen molar-refractivity contribution < 1.29 is 24.2 Å². The first-order valence-electron chi connectivity index (χ1n) is 7.98. The average molecular weight is 364 g/mol. The second-order valence-corrected chi connectivity index (χ2v) is 5.80. The molecule has 1 aliphatic heterocycles. The number of benzene rings is 2. The third kappa shape index (κ3) is 2.87. The van der Waals surface area contributed by atoms with Gasteiger partial charge in [-0.15, -0.1) is 0 Å². The summed E-state index contributed by atoms with van der Waals surface area (Å²) in [7, 11) is 2.89. The summed E-state index contributed by atoms with van der Waals surface area (Å²) in [5.41, 5.74) is 1.22. The number of aliphatic hydroxyl groups is 1. The van der Waals surface area contributed by atoms with E-state index in [0.29, 0.717) is 33.9 Å². The lowest BCUT2D eigenvalue weighted by molar-refractivity contribution is -0.122. The van der Waals surface area contributed by atoms with Crippen molar-refractivity contribution in [1.82, 2.24) is 0 Å². The summed E-state index contributed by atoms with van der Waals surface area (Å²) in [6.07, 6.45) is 0. The molecule has 136 valence electrons. The summed E-state index contributed by atoms with van der Waals surface area (Å²) in [5, 5.41) is 19.8. The lowest BCUT2D eigenvalue weighted by atomic mass is 10.0. The summed E-state index contributed by atoms with van der Waals surface area (Å²) in [4.78, 5) is 25.9. The van der Waals surface area contributed by atoms with Crippen molar-refractivity contribution in [2.45, 2.75) is 6.92 Å². The van der Waals surface area contributed by atoms with Crippen LogP contribution in [-0.4, -0.2) is 31.1 Å². The minimum absolute atomic E-state index is 0.0451. The maximum atomic E-state index is 12.9. The number of ether oxygens (including phenoxy) is 2. The van der Waals surface area contributed by atoms with Crippen molar-refractivity contribution in [2.24, 2.45) is 0 Å². The average Bonchev–Trinajstić information content (AvgIpc) is 2.97. The van der Waals surface area contributed by atoms with Gasteiger partial charge in [-0.05, 0) is 18.2 Å². The number of nitriles is 1. The van der Waals surface area contributed by atoms with Gasteiger partial charge in [-0.25, -0.2) is 4.90 Å². The van der Waals surface area contributed by atoms with E-state index in [4.69, 9.17) is 14.7 Å². The topological polar surface area (TPSA) is 99.9 Å². The molecule has 27 heavy (non-hydrogen) atoms. The third-order valence-corrected chi connectivity index (χ3v) is 4.25. The Morgan fingerprint density at radius 2 is 1.81 bits per heavy atom. The van der Waals surface area contributed by atoms with Gasteiger partial charge >= 0.3 is 0 Å². The number of nitrogens with zero attached hydrogens (tertiary/aromatic N) is 2. The van der Waals surface area contributed by atoms with E-state index in [1.165, 1.54) is 39.3 Å². The Hall–Kier alpha value is -3.79. The number of aliphatic hydroxyl groups excluding tert-OH is 1. The molecule has 0 fully saturated rings. The molecule has 0 bridgehead atoms. The minimum Gasteiger partial charge on any atom is -0.506 e. The zero-order valence-corrected chi connectivity index (χ0v) is 14.9. The number of methoxy groups -OCH3 is 2. The van der Waals surface area contributed by atoms with Crippen LogP contribution in [0.2, 0.25) is 0 Å². The number of rotatable bonds is 3. The number of hydrogen-bond donors (Lipinski definition) is 1. The van der Waals surface area contributed by atoms with Crippen LogP contribution >= 0.6 is 0 Å². The summed E-state index contributed by atoms with van der Waals surface area (Å²) in [5.74, 6) is -0.780. The number of hydrogen-bond acceptors (Lipinski definition) is 6. The number of carbonyl (C=O) groups is 2. The first-order valence-corrected chi connectivity index (χ1v) is 7.98. The third-order valence-electron chi connectivity index (χ3n) is 4.25. The van der Waals surface area contributed by atoms with E-state index in [9.17, 15) is 14.7 Å². The molecule has 0 unspecified atom stereocenters. The van der Waals surface area contributed by atoms with Crippen molar-refractivity contribution in [1.29, 1.82) is 5.26 Å². The molecule has 7 nitrogen and oxygen atoms in total. The highest BCUT2D eigenvalue weighted by atomic mass is 16.5. The van der Waals surface area contributed by atoms with Crippen LogP contribution in [0.4, 0.5) is 5.69 Å². The van der Waals surface area contributed by atoms with Gasteiger partial charge in [0.15, 0.2) is 11.5 Å². The molecule has 0 aromatic heterocycles. The van der Waals surface area contributed by atoms with Crippen LogP contribution in [0.15, 0.2) is 36.4 Å². The molecule has 0 atom stereocenters. The van der Waals surface area contributed by atoms with E-state index in [2.05, 4.69) is 0 Å². The largest absolute Gasteiger partial charge is 0.506 e. The van der Waals surface area contributed by atoms with Crippen molar-refractivity contribution in [3.8, 4) is 17.6 Å².